The predicted octanol–water partition coefficient (Wildman–Crippen LogP) is 1.78. The van der Waals surface area contributed by atoms with Gasteiger partial charge in [-0.25, -0.2) is 4.79 Å². The van der Waals surface area contributed by atoms with Crippen molar-refractivity contribution in [3.8, 4) is 0 Å². The summed E-state index contributed by atoms with van der Waals surface area (Å²) in [6, 6.07) is 3.05. The summed E-state index contributed by atoms with van der Waals surface area (Å²) >= 11 is 3.18. The Morgan fingerprint density at radius 2 is 2.06 bits per heavy atom. The van der Waals surface area contributed by atoms with Crippen LogP contribution in [0.2, 0.25) is 0 Å². The molecule has 0 unspecified atom stereocenters. The van der Waals surface area contributed by atoms with Crippen LogP contribution < -0.4 is 11.1 Å². The highest BCUT2D eigenvalue weighted by atomic mass is 79.9. The molecule has 0 spiro atoms. The van der Waals surface area contributed by atoms with Crippen LogP contribution in [0.1, 0.15) is 17.3 Å². The van der Waals surface area contributed by atoms with Gasteiger partial charge in [0.1, 0.15) is 0 Å². The van der Waals surface area contributed by atoms with E-state index in [1.54, 1.807) is 6.07 Å². The fourth-order valence-electron chi connectivity index (χ4n) is 1.18. The summed E-state index contributed by atoms with van der Waals surface area (Å²) in [4.78, 5) is 22.3. The SMILES string of the molecule is COC(=O)c1cc(NC(C)=O)cc(N)c1Br. The van der Waals surface area contributed by atoms with Gasteiger partial charge in [0, 0.05) is 18.3 Å². The number of benzene rings is 1. The van der Waals surface area contributed by atoms with Gasteiger partial charge in [0.05, 0.1) is 17.1 Å². The maximum atomic E-state index is 11.4. The summed E-state index contributed by atoms with van der Waals surface area (Å²) in [5, 5.41) is 2.54. The van der Waals surface area contributed by atoms with Crippen LogP contribution in [0.4, 0.5) is 11.4 Å². The number of halogens is 1. The molecule has 16 heavy (non-hydrogen) atoms. The molecule has 5 nitrogen and oxygen atoms in total. The molecule has 0 radical (unpaired) electrons. The number of amides is 1. The fraction of sp³-hybridized carbons (Fsp3) is 0.200. The Morgan fingerprint density at radius 1 is 1.44 bits per heavy atom. The summed E-state index contributed by atoms with van der Waals surface area (Å²) in [7, 11) is 1.27. The van der Waals surface area contributed by atoms with E-state index in [2.05, 4.69) is 26.0 Å². The Bertz CT molecular complexity index is 446. The van der Waals surface area contributed by atoms with Gasteiger partial charge in [-0.3, -0.25) is 4.79 Å². The molecule has 0 aromatic heterocycles. The van der Waals surface area contributed by atoms with E-state index < -0.39 is 5.97 Å². The maximum Gasteiger partial charge on any atom is 0.339 e. The van der Waals surface area contributed by atoms with E-state index in [4.69, 9.17) is 5.73 Å². The van der Waals surface area contributed by atoms with Crippen LogP contribution in [0.15, 0.2) is 16.6 Å². The van der Waals surface area contributed by atoms with Crippen molar-refractivity contribution in [3.05, 3.63) is 22.2 Å². The number of rotatable bonds is 2. The Hall–Kier alpha value is -1.56. The molecular weight excluding hydrogens is 276 g/mol. The molecule has 1 rings (SSSR count). The van der Waals surface area contributed by atoms with Crippen molar-refractivity contribution in [1.29, 1.82) is 0 Å². The second-order valence-corrected chi connectivity index (χ2v) is 3.89. The lowest BCUT2D eigenvalue weighted by Crippen LogP contribution is -2.09. The largest absolute Gasteiger partial charge is 0.465 e. The van der Waals surface area contributed by atoms with E-state index in [0.29, 0.717) is 15.8 Å². The predicted molar refractivity (Wildman–Crippen MR) is 64.2 cm³/mol. The van der Waals surface area contributed by atoms with Crippen LogP contribution >= 0.6 is 15.9 Å². The molecule has 0 aliphatic rings. The van der Waals surface area contributed by atoms with Gasteiger partial charge in [0.25, 0.3) is 0 Å². The molecule has 0 fully saturated rings. The zero-order valence-electron chi connectivity index (χ0n) is 8.83. The van der Waals surface area contributed by atoms with E-state index in [0.717, 1.165) is 0 Å². The average Bonchev–Trinajstić information content (AvgIpc) is 2.21. The monoisotopic (exact) mass is 286 g/mol. The second kappa shape index (κ2) is 4.98. The molecule has 0 saturated carbocycles. The van der Waals surface area contributed by atoms with Crippen molar-refractivity contribution in [2.45, 2.75) is 6.92 Å². The molecule has 3 N–H and O–H groups in total. The van der Waals surface area contributed by atoms with E-state index in [9.17, 15) is 9.59 Å². The van der Waals surface area contributed by atoms with Crippen LogP contribution in [0.25, 0.3) is 0 Å². The fourth-order valence-corrected chi connectivity index (χ4v) is 1.57. The zero-order chi connectivity index (χ0) is 12.3. The smallest absolute Gasteiger partial charge is 0.339 e. The molecule has 0 atom stereocenters. The molecule has 6 heteroatoms. The highest BCUT2D eigenvalue weighted by molar-refractivity contribution is 9.10. The lowest BCUT2D eigenvalue weighted by molar-refractivity contribution is -0.114. The molecule has 0 bridgehead atoms. The quantitative estimate of drug-likeness (QED) is 0.641. The second-order valence-electron chi connectivity index (χ2n) is 3.10. The number of hydrogen-bond acceptors (Lipinski definition) is 4. The zero-order valence-corrected chi connectivity index (χ0v) is 10.4. The molecule has 0 aliphatic heterocycles. The van der Waals surface area contributed by atoms with Gasteiger partial charge < -0.3 is 15.8 Å². The molecular formula is C10H11BrN2O3. The molecule has 1 amide bonds. The number of nitrogen functional groups attached to an aromatic ring is 1. The third-order valence-electron chi connectivity index (χ3n) is 1.83. The van der Waals surface area contributed by atoms with Crippen molar-refractivity contribution in [1.82, 2.24) is 0 Å². The Balaban J connectivity index is 3.21. The molecule has 0 heterocycles. The van der Waals surface area contributed by atoms with Crippen molar-refractivity contribution < 1.29 is 14.3 Å². The van der Waals surface area contributed by atoms with E-state index in [-0.39, 0.29) is 11.5 Å². The van der Waals surface area contributed by atoms with Gasteiger partial charge in [-0.05, 0) is 28.1 Å². The molecule has 1 aromatic rings. The Morgan fingerprint density at radius 3 is 2.56 bits per heavy atom. The van der Waals surface area contributed by atoms with Crippen LogP contribution in [-0.2, 0) is 9.53 Å². The van der Waals surface area contributed by atoms with Crippen LogP contribution in [-0.4, -0.2) is 19.0 Å². The van der Waals surface area contributed by atoms with E-state index in [1.807, 2.05) is 0 Å². The minimum Gasteiger partial charge on any atom is -0.465 e. The minimum atomic E-state index is -0.522. The number of hydrogen-bond donors (Lipinski definition) is 2. The summed E-state index contributed by atoms with van der Waals surface area (Å²) in [6.45, 7) is 1.37. The van der Waals surface area contributed by atoms with E-state index in [1.165, 1.54) is 20.1 Å². The summed E-state index contributed by atoms with van der Waals surface area (Å²) in [5.74, 6) is -0.761. The first kappa shape index (κ1) is 12.5. The number of ether oxygens (including phenoxy) is 1. The van der Waals surface area contributed by atoms with Gasteiger partial charge in [0.2, 0.25) is 5.91 Å². The average molecular weight is 287 g/mol. The standard InChI is InChI=1S/C10H11BrN2O3/c1-5(14)13-6-3-7(10(15)16-2)9(11)8(12)4-6/h3-4H,12H2,1-2H3,(H,13,14). The first-order chi connectivity index (χ1) is 7.45. The molecule has 1 aromatic carbocycles. The van der Waals surface area contributed by atoms with Gasteiger partial charge in [-0.2, -0.15) is 0 Å². The van der Waals surface area contributed by atoms with Crippen LogP contribution in [0.3, 0.4) is 0 Å². The van der Waals surface area contributed by atoms with Crippen molar-refractivity contribution in [2.75, 3.05) is 18.2 Å². The molecule has 86 valence electrons. The highest BCUT2D eigenvalue weighted by Gasteiger charge is 2.14. The lowest BCUT2D eigenvalue weighted by Gasteiger charge is -2.09. The van der Waals surface area contributed by atoms with Gasteiger partial charge in [-0.15, -0.1) is 0 Å². The maximum absolute atomic E-state index is 11.4. The van der Waals surface area contributed by atoms with Crippen molar-refractivity contribution in [3.63, 3.8) is 0 Å². The number of carbonyl (C=O) groups excluding carboxylic acids is 2. The number of nitrogens with two attached hydrogens (primary N) is 1. The lowest BCUT2D eigenvalue weighted by atomic mass is 10.1. The molecule has 0 aliphatic carbocycles. The summed E-state index contributed by atoms with van der Waals surface area (Å²) in [5.41, 5.74) is 6.76. The number of carbonyl (C=O) groups is 2. The van der Waals surface area contributed by atoms with Crippen LogP contribution in [0, 0.1) is 0 Å². The normalized spacial score (nSPS) is 9.69. The first-order valence-electron chi connectivity index (χ1n) is 4.40. The number of anilines is 2. The Labute approximate surface area is 101 Å². The van der Waals surface area contributed by atoms with Gasteiger partial charge in [-0.1, -0.05) is 0 Å². The van der Waals surface area contributed by atoms with Crippen LogP contribution in [0.5, 0.6) is 0 Å². The number of methoxy groups -OCH3 is 1. The topological polar surface area (TPSA) is 81.4 Å². The first-order valence-corrected chi connectivity index (χ1v) is 5.20. The number of esters is 1. The van der Waals surface area contributed by atoms with Gasteiger partial charge >= 0.3 is 5.97 Å². The van der Waals surface area contributed by atoms with Gasteiger partial charge in [0.15, 0.2) is 0 Å². The number of nitrogens with one attached hydrogen (secondary N) is 1. The third kappa shape index (κ3) is 2.73. The van der Waals surface area contributed by atoms with Crippen molar-refractivity contribution in [2.24, 2.45) is 0 Å². The minimum absolute atomic E-state index is 0.238. The Kier molecular flexibility index (Phi) is 3.89. The van der Waals surface area contributed by atoms with E-state index >= 15 is 0 Å². The third-order valence-corrected chi connectivity index (χ3v) is 2.71. The summed E-state index contributed by atoms with van der Waals surface area (Å²) < 4.78 is 5.05. The summed E-state index contributed by atoms with van der Waals surface area (Å²) in [6.07, 6.45) is 0. The molecule has 0 saturated heterocycles. The highest BCUT2D eigenvalue weighted by Crippen LogP contribution is 2.28. The van der Waals surface area contributed by atoms with Crippen molar-refractivity contribution >= 4 is 39.2 Å².